The van der Waals surface area contributed by atoms with E-state index in [1.165, 1.54) is 0 Å². The molecule has 0 saturated carbocycles. The minimum absolute atomic E-state index is 0.0282. The molecule has 1 N–H and O–H groups in total. The van der Waals surface area contributed by atoms with Crippen LogP contribution in [0.4, 0.5) is 0 Å². The number of para-hydroxylation sites is 1. The van der Waals surface area contributed by atoms with E-state index >= 15 is 0 Å². The minimum Gasteiger partial charge on any atom is -0.458 e. The Labute approximate surface area is 170 Å². The number of β-lactam (4-membered cyclic amide) rings is 1. The SMILES string of the molecule is CC(C)(C)OC(=O)C1(Cc2c[nH]c3ccccc23)CC(=O)N1Cc1ccccc1. The Morgan fingerprint density at radius 1 is 1.10 bits per heavy atom. The van der Waals surface area contributed by atoms with Gasteiger partial charge in [0.15, 0.2) is 5.54 Å². The van der Waals surface area contributed by atoms with Gasteiger partial charge < -0.3 is 14.6 Å². The second kappa shape index (κ2) is 7.07. The monoisotopic (exact) mass is 390 g/mol. The Morgan fingerprint density at radius 3 is 2.48 bits per heavy atom. The third-order valence-electron chi connectivity index (χ3n) is 5.38. The van der Waals surface area contributed by atoms with Gasteiger partial charge in [-0.1, -0.05) is 48.5 Å². The fraction of sp³-hybridized carbons (Fsp3) is 0.333. The smallest absolute Gasteiger partial charge is 0.333 e. The van der Waals surface area contributed by atoms with E-state index in [1.807, 2.05) is 81.6 Å². The summed E-state index contributed by atoms with van der Waals surface area (Å²) in [6.07, 6.45) is 2.51. The quantitative estimate of drug-likeness (QED) is 0.524. The number of hydrogen-bond acceptors (Lipinski definition) is 3. The van der Waals surface area contributed by atoms with Crippen molar-refractivity contribution in [2.24, 2.45) is 0 Å². The molecule has 1 saturated heterocycles. The Hall–Kier alpha value is -3.08. The predicted octanol–water partition coefficient (Wildman–Crippen LogP) is 4.22. The zero-order chi connectivity index (χ0) is 20.6. The first kappa shape index (κ1) is 19.2. The zero-order valence-electron chi connectivity index (χ0n) is 17.1. The minimum atomic E-state index is -0.995. The van der Waals surface area contributed by atoms with E-state index in [1.54, 1.807) is 4.90 Å². The Morgan fingerprint density at radius 2 is 1.79 bits per heavy atom. The number of hydrogen-bond donors (Lipinski definition) is 1. The number of H-pyrrole nitrogens is 1. The van der Waals surface area contributed by atoms with Crippen molar-refractivity contribution in [1.82, 2.24) is 9.88 Å². The number of amides is 1. The molecule has 2 aromatic carbocycles. The fourth-order valence-corrected chi connectivity index (χ4v) is 3.97. The van der Waals surface area contributed by atoms with E-state index in [4.69, 9.17) is 4.74 Å². The molecule has 1 atom stereocenters. The normalized spacial score (nSPS) is 19.3. The highest BCUT2D eigenvalue weighted by Crippen LogP contribution is 2.40. The summed E-state index contributed by atoms with van der Waals surface area (Å²) in [6, 6.07) is 17.7. The summed E-state index contributed by atoms with van der Waals surface area (Å²) in [5.74, 6) is -0.370. The fourth-order valence-electron chi connectivity index (χ4n) is 3.97. The summed E-state index contributed by atoms with van der Waals surface area (Å²) in [6.45, 7) is 5.95. The largest absolute Gasteiger partial charge is 0.458 e. The van der Waals surface area contributed by atoms with Crippen molar-refractivity contribution >= 4 is 22.8 Å². The molecule has 0 bridgehead atoms. The second-order valence-corrected chi connectivity index (χ2v) is 8.71. The number of aromatic amines is 1. The van der Waals surface area contributed by atoms with Crippen LogP contribution in [-0.4, -0.2) is 32.9 Å². The molecular weight excluding hydrogens is 364 g/mol. The maximum Gasteiger partial charge on any atom is 0.333 e. The van der Waals surface area contributed by atoms with Gasteiger partial charge in [0.1, 0.15) is 5.60 Å². The maximum atomic E-state index is 13.3. The number of carbonyl (C=O) groups excluding carboxylic acids is 2. The van der Waals surface area contributed by atoms with Crippen molar-refractivity contribution in [2.45, 2.75) is 51.3 Å². The van der Waals surface area contributed by atoms with E-state index in [9.17, 15) is 9.59 Å². The summed E-state index contributed by atoms with van der Waals surface area (Å²) in [7, 11) is 0. The molecule has 0 radical (unpaired) electrons. The number of nitrogens with one attached hydrogen (secondary N) is 1. The lowest BCUT2D eigenvalue weighted by Gasteiger charge is -2.50. The first-order chi connectivity index (χ1) is 13.8. The summed E-state index contributed by atoms with van der Waals surface area (Å²) in [5, 5.41) is 1.06. The van der Waals surface area contributed by atoms with Gasteiger partial charge in [-0.15, -0.1) is 0 Å². The molecular formula is C24H26N2O3. The molecule has 1 unspecified atom stereocenters. The van der Waals surface area contributed by atoms with Crippen molar-refractivity contribution < 1.29 is 14.3 Å². The Kier molecular flexibility index (Phi) is 4.69. The number of likely N-dealkylation sites (tertiary alicyclic amines) is 1. The van der Waals surface area contributed by atoms with Crippen molar-refractivity contribution in [2.75, 3.05) is 0 Å². The van der Waals surface area contributed by atoms with E-state index in [-0.39, 0.29) is 18.3 Å². The van der Waals surface area contributed by atoms with E-state index < -0.39 is 11.1 Å². The molecule has 1 aliphatic heterocycles. The van der Waals surface area contributed by atoms with Crippen LogP contribution in [0.3, 0.4) is 0 Å². The number of rotatable bonds is 5. The zero-order valence-corrected chi connectivity index (χ0v) is 17.1. The summed E-state index contributed by atoms with van der Waals surface area (Å²) >= 11 is 0. The summed E-state index contributed by atoms with van der Waals surface area (Å²) in [5.41, 5.74) is 1.40. The molecule has 5 nitrogen and oxygen atoms in total. The number of ether oxygens (including phenoxy) is 1. The van der Waals surface area contributed by atoms with Gasteiger partial charge in [0.05, 0.1) is 6.42 Å². The lowest BCUT2D eigenvalue weighted by molar-refractivity contribution is -0.188. The van der Waals surface area contributed by atoms with Gasteiger partial charge in [-0.2, -0.15) is 0 Å². The van der Waals surface area contributed by atoms with Crippen LogP contribution in [0.1, 0.15) is 38.3 Å². The molecule has 1 fully saturated rings. The van der Waals surface area contributed by atoms with Crippen LogP contribution in [0.5, 0.6) is 0 Å². The van der Waals surface area contributed by atoms with Gasteiger partial charge in [-0.05, 0) is 38.0 Å². The van der Waals surface area contributed by atoms with Crippen LogP contribution in [0.25, 0.3) is 10.9 Å². The molecule has 1 amide bonds. The number of benzene rings is 2. The average molecular weight is 390 g/mol. The van der Waals surface area contributed by atoms with Gasteiger partial charge in [0, 0.05) is 30.1 Å². The predicted molar refractivity (Wildman–Crippen MR) is 112 cm³/mol. The standard InChI is InChI=1S/C24H26N2O3/c1-23(2,3)29-22(28)24(13-18-15-25-20-12-8-7-11-19(18)20)14-21(27)26(24)16-17-9-5-4-6-10-17/h4-12,15,25H,13-14,16H2,1-3H3. The van der Waals surface area contributed by atoms with Crippen LogP contribution in [0.15, 0.2) is 60.8 Å². The molecule has 4 rings (SSSR count). The Bertz CT molecular complexity index is 1050. The number of nitrogens with zero attached hydrogens (tertiary/aromatic N) is 1. The second-order valence-electron chi connectivity index (χ2n) is 8.71. The first-order valence-corrected chi connectivity index (χ1v) is 9.91. The van der Waals surface area contributed by atoms with Crippen molar-refractivity contribution in [1.29, 1.82) is 0 Å². The van der Waals surface area contributed by atoms with Crippen LogP contribution < -0.4 is 0 Å². The highest BCUT2D eigenvalue weighted by molar-refractivity contribution is 6.00. The summed E-state index contributed by atoms with van der Waals surface area (Å²) in [4.78, 5) is 30.9. The number of fused-ring (bicyclic) bond motifs is 1. The number of carbonyl (C=O) groups is 2. The van der Waals surface area contributed by atoms with Crippen molar-refractivity contribution in [3.63, 3.8) is 0 Å². The van der Waals surface area contributed by atoms with Gasteiger partial charge in [0.25, 0.3) is 0 Å². The van der Waals surface area contributed by atoms with E-state index in [0.29, 0.717) is 13.0 Å². The van der Waals surface area contributed by atoms with Crippen molar-refractivity contribution in [3.8, 4) is 0 Å². The van der Waals surface area contributed by atoms with Gasteiger partial charge >= 0.3 is 5.97 Å². The van der Waals surface area contributed by atoms with Gasteiger partial charge in [0.2, 0.25) is 5.91 Å². The van der Waals surface area contributed by atoms with Crippen LogP contribution in [0, 0.1) is 0 Å². The molecule has 1 aliphatic rings. The lowest BCUT2D eigenvalue weighted by Crippen LogP contribution is -2.69. The maximum absolute atomic E-state index is 13.3. The molecule has 29 heavy (non-hydrogen) atoms. The van der Waals surface area contributed by atoms with Gasteiger partial charge in [-0.3, -0.25) is 4.79 Å². The Balaban J connectivity index is 1.71. The third kappa shape index (κ3) is 3.65. The highest BCUT2D eigenvalue weighted by Gasteiger charge is 2.58. The van der Waals surface area contributed by atoms with E-state index in [0.717, 1.165) is 22.0 Å². The number of esters is 1. The van der Waals surface area contributed by atoms with Crippen LogP contribution in [-0.2, 0) is 27.3 Å². The van der Waals surface area contributed by atoms with Crippen molar-refractivity contribution in [3.05, 3.63) is 71.9 Å². The molecule has 1 aromatic heterocycles. The molecule has 0 aliphatic carbocycles. The molecule has 0 spiro atoms. The third-order valence-corrected chi connectivity index (χ3v) is 5.38. The average Bonchev–Trinajstić information content (AvgIpc) is 3.08. The topological polar surface area (TPSA) is 62.4 Å². The molecule has 5 heteroatoms. The number of aromatic nitrogens is 1. The first-order valence-electron chi connectivity index (χ1n) is 9.91. The van der Waals surface area contributed by atoms with Gasteiger partial charge in [-0.25, -0.2) is 4.79 Å². The van der Waals surface area contributed by atoms with Crippen LogP contribution >= 0.6 is 0 Å². The molecule has 150 valence electrons. The van der Waals surface area contributed by atoms with E-state index in [2.05, 4.69) is 4.98 Å². The summed E-state index contributed by atoms with van der Waals surface area (Å²) < 4.78 is 5.78. The molecule has 3 aromatic rings. The lowest BCUT2D eigenvalue weighted by atomic mass is 9.77. The highest BCUT2D eigenvalue weighted by atomic mass is 16.6. The van der Waals surface area contributed by atoms with Crippen LogP contribution in [0.2, 0.25) is 0 Å². The molecule has 2 heterocycles.